The van der Waals surface area contributed by atoms with E-state index in [1.807, 2.05) is 20.8 Å². The molecule has 1 aliphatic rings. The molecule has 2 rings (SSSR count). The van der Waals surface area contributed by atoms with Crippen LogP contribution in [0.3, 0.4) is 0 Å². The highest BCUT2D eigenvalue weighted by Crippen LogP contribution is 2.26. The van der Waals surface area contributed by atoms with Crippen molar-refractivity contribution in [1.29, 1.82) is 0 Å². The number of urea groups is 1. The normalized spacial score (nSPS) is 16.6. The van der Waals surface area contributed by atoms with Crippen LogP contribution < -0.4 is 10.6 Å². The second kappa shape index (κ2) is 7.26. The minimum Gasteiger partial charge on any atom is -0.323 e. The minimum atomic E-state index is -0.898. The molecule has 0 radical (unpaired) electrons. The lowest BCUT2D eigenvalue weighted by atomic mass is 9.93. The van der Waals surface area contributed by atoms with E-state index in [0.717, 1.165) is 15.0 Å². The highest BCUT2D eigenvalue weighted by atomic mass is 32.2. The maximum absolute atomic E-state index is 12.4. The fraction of sp³-hybridized carbons (Fsp3) is 0.615. The Labute approximate surface area is 142 Å². The molecule has 2 N–H and O–H groups in total. The zero-order valence-electron chi connectivity index (χ0n) is 13.2. The number of carbonyl (C=O) groups excluding carboxylic acids is 3. The van der Waals surface area contributed by atoms with E-state index in [9.17, 15) is 14.4 Å². The van der Waals surface area contributed by atoms with Crippen molar-refractivity contribution in [3.8, 4) is 0 Å². The molecule has 0 unspecified atom stereocenters. The number of rotatable bonds is 7. The van der Waals surface area contributed by atoms with Gasteiger partial charge < -0.3 is 5.32 Å². The van der Waals surface area contributed by atoms with E-state index in [0.29, 0.717) is 18.0 Å². The Morgan fingerprint density at radius 1 is 1.30 bits per heavy atom. The van der Waals surface area contributed by atoms with Gasteiger partial charge in [0.15, 0.2) is 4.34 Å². The Bertz CT molecular complexity index is 615. The first kappa shape index (κ1) is 17.7. The van der Waals surface area contributed by atoms with E-state index in [4.69, 9.17) is 0 Å². The van der Waals surface area contributed by atoms with Gasteiger partial charge in [0.1, 0.15) is 12.1 Å². The summed E-state index contributed by atoms with van der Waals surface area (Å²) in [5.41, 5.74) is -0.898. The molecule has 0 spiro atoms. The number of thioether (sulfide) groups is 1. The van der Waals surface area contributed by atoms with Gasteiger partial charge >= 0.3 is 6.03 Å². The van der Waals surface area contributed by atoms with Gasteiger partial charge in [-0.3, -0.25) is 19.8 Å². The molecule has 0 aliphatic carbocycles. The molecule has 2 heterocycles. The molecule has 1 saturated heterocycles. The van der Waals surface area contributed by atoms with Crippen molar-refractivity contribution in [3.63, 3.8) is 0 Å². The second-order valence-electron chi connectivity index (χ2n) is 4.96. The first-order valence-electron chi connectivity index (χ1n) is 7.36. The third-order valence-electron chi connectivity index (χ3n) is 3.68. The minimum absolute atomic E-state index is 0.331. The van der Waals surface area contributed by atoms with Crippen molar-refractivity contribution in [1.82, 2.24) is 20.4 Å². The zero-order valence-corrected chi connectivity index (χ0v) is 14.8. The maximum atomic E-state index is 12.4. The molecule has 0 bridgehead atoms. The molecule has 1 aromatic rings. The third-order valence-corrected chi connectivity index (χ3v) is 5.53. The summed E-state index contributed by atoms with van der Waals surface area (Å²) in [7, 11) is 0. The van der Waals surface area contributed by atoms with Gasteiger partial charge in [0, 0.05) is 0 Å². The van der Waals surface area contributed by atoms with Gasteiger partial charge in [-0.15, -0.1) is 10.2 Å². The van der Waals surface area contributed by atoms with Gasteiger partial charge in [-0.05, 0) is 18.6 Å². The summed E-state index contributed by atoms with van der Waals surface area (Å²) < 4.78 is 0.758. The monoisotopic (exact) mass is 357 g/mol. The van der Waals surface area contributed by atoms with Gasteiger partial charge in [-0.2, -0.15) is 0 Å². The molecule has 8 nitrogen and oxygen atoms in total. The molecule has 23 heavy (non-hydrogen) atoms. The molecule has 0 atom stereocenters. The molecule has 0 aromatic carbocycles. The van der Waals surface area contributed by atoms with Crippen molar-refractivity contribution in [2.24, 2.45) is 0 Å². The number of amides is 4. The van der Waals surface area contributed by atoms with Crippen LogP contribution in [0, 0.1) is 0 Å². The number of carbonyl (C=O) groups is 3. The first-order valence-corrected chi connectivity index (χ1v) is 9.16. The Hall–Kier alpha value is -1.68. The summed E-state index contributed by atoms with van der Waals surface area (Å²) in [6, 6.07) is -0.534. The van der Waals surface area contributed by atoms with Crippen LogP contribution in [0.5, 0.6) is 0 Å². The standard InChI is InChI=1S/C13H19N5O3S2/c1-4-13(5-2)9(20)18(11(21)15-13)7-8(19)14-10-16-17-12(23-10)22-6-3/h4-7H2,1-3H3,(H,15,21)(H,14,16,19). The lowest BCUT2D eigenvalue weighted by Gasteiger charge is -2.22. The van der Waals surface area contributed by atoms with Crippen molar-refractivity contribution >= 4 is 46.1 Å². The van der Waals surface area contributed by atoms with Crippen LogP contribution in [0.1, 0.15) is 33.6 Å². The number of aromatic nitrogens is 2. The number of nitrogens with zero attached hydrogens (tertiary/aromatic N) is 3. The Morgan fingerprint density at radius 3 is 2.57 bits per heavy atom. The van der Waals surface area contributed by atoms with Crippen LogP contribution in [-0.2, 0) is 9.59 Å². The fourth-order valence-corrected chi connectivity index (χ4v) is 3.96. The number of nitrogens with one attached hydrogen (secondary N) is 2. The Morgan fingerprint density at radius 2 is 2.00 bits per heavy atom. The van der Waals surface area contributed by atoms with E-state index in [-0.39, 0.29) is 12.5 Å². The van der Waals surface area contributed by atoms with Crippen LogP contribution in [0.2, 0.25) is 0 Å². The van der Waals surface area contributed by atoms with Crippen LogP contribution in [0.15, 0.2) is 4.34 Å². The van der Waals surface area contributed by atoms with Crippen LogP contribution in [0.4, 0.5) is 9.93 Å². The smallest absolute Gasteiger partial charge is 0.323 e. The number of anilines is 1. The van der Waals surface area contributed by atoms with E-state index >= 15 is 0 Å². The summed E-state index contributed by atoms with van der Waals surface area (Å²) in [5.74, 6) is 0.0316. The summed E-state index contributed by atoms with van der Waals surface area (Å²) >= 11 is 2.79. The molecule has 1 aromatic heterocycles. The quantitative estimate of drug-likeness (QED) is 0.437. The fourth-order valence-electron chi connectivity index (χ4n) is 2.29. The molecule has 1 fully saturated rings. The van der Waals surface area contributed by atoms with Gasteiger partial charge in [-0.25, -0.2) is 4.79 Å². The highest BCUT2D eigenvalue weighted by Gasteiger charge is 2.49. The Balaban J connectivity index is 1.99. The predicted molar refractivity (Wildman–Crippen MR) is 88.5 cm³/mol. The van der Waals surface area contributed by atoms with Gasteiger partial charge in [0.2, 0.25) is 11.0 Å². The van der Waals surface area contributed by atoms with E-state index in [1.54, 1.807) is 0 Å². The predicted octanol–water partition coefficient (Wildman–Crippen LogP) is 1.70. The number of hydrogen-bond acceptors (Lipinski definition) is 7. The van der Waals surface area contributed by atoms with Crippen molar-refractivity contribution in [2.45, 2.75) is 43.5 Å². The van der Waals surface area contributed by atoms with Crippen LogP contribution in [0.25, 0.3) is 0 Å². The summed E-state index contributed by atoms with van der Waals surface area (Å²) in [5, 5.41) is 13.4. The SMILES string of the molecule is CCSc1nnc(NC(=O)CN2C(=O)NC(CC)(CC)C2=O)s1. The number of imide groups is 1. The van der Waals surface area contributed by atoms with Crippen LogP contribution in [-0.4, -0.2) is 50.8 Å². The highest BCUT2D eigenvalue weighted by molar-refractivity contribution is 8.01. The molecule has 0 saturated carbocycles. The molecule has 126 valence electrons. The molecular weight excluding hydrogens is 338 g/mol. The topological polar surface area (TPSA) is 104 Å². The average Bonchev–Trinajstić information content (AvgIpc) is 3.05. The number of hydrogen-bond donors (Lipinski definition) is 2. The second-order valence-corrected chi connectivity index (χ2v) is 7.45. The Kier molecular flexibility index (Phi) is 5.58. The van der Waals surface area contributed by atoms with E-state index < -0.39 is 17.5 Å². The van der Waals surface area contributed by atoms with Gasteiger partial charge in [0.25, 0.3) is 5.91 Å². The largest absolute Gasteiger partial charge is 0.325 e. The molecule has 1 aliphatic heterocycles. The summed E-state index contributed by atoms with van der Waals surface area (Å²) in [6.45, 7) is 5.33. The lowest BCUT2D eigenvalue weighted by Crippen LogP contribution is -2.46. The molecular formula is C13H19N5O3S2. The van der Waals surface area contributed by atoms with Crippen molar-refractivity contribution in [2.75, 3.05) is 17.6 Å². The third kappa shape index (κ3) is 3.63. The van der Waals surface area contributed by atoms with Crippen LogP contribution >= 0.6 is 23.1 Å². The van der Waals surface area contributed by atoms with Gasteiger partial charge in [-0.1, -0.05) is 43.9 Å². The zero-order chi connectivity index (χ0) is 17.0. The maximum Gasteiger partial charge on any atom is 0.325 e. The van der Waals surface area contributed by atoms with Crippen molar-refractivity contribution < 1.29 is 14.4 Å². The summed E-state index contributed by atoms with van der Waals surface area (Å²) in [6.07, 6.45) is 0.973. The molecule has 10 heteroatoms. The van der Waals surface area contributed by atoms with Crippen molar-refractivity contribution in [3.05, 3.63) is 0 Å². The van der Waals surface area contributed by atoms with E-state index in [2.05, 4.69) is 20.8 Å². The lowest BCUT2D eigenvalue weighted by molar-refractivity contribution is -0.134. The first-order chi connectivity index (χ1) is 11.0. The van der Waals surface area contributed by atoms with E-state index in [1.165, 1.54) is 23.1 Å². The van der Waals surface area contributed by atoms with Gasteiger partial charge in [0.05, 0.1) is 0 Å². The summed E-state index contributed by atoms with van der Waals surface area (Å²) in [4.78, 5) is 37.4. The average molecular weight is 357 g/mol. The molecule has 4 amide bonds.